The van der Waals surface area contributed by atoms with Gasteiger partial charge in [-0.15, -0.1) is 0 Å². The number of hydrogen-bond donors (Lipinski definition) is 0. The molecule has 1 aliphatic rings. The van der Waals surface area contributed by atoms with Gasteiger partial charge >= 0.3 is 5.97 Å². The van der Waals surface area contributed by atoms with Gasteiger partial charge in [0.1, 0.15) is 12.4 Å². The van der Waals surface area contributed by atoms with Crippen LogP contribution in [0.5, 0.6) is 11.5 Å². The van der Waals surface area contributed by atoms with Crippen molar-refractivity contribution in [3.8, 4) is 11.5 Å². The third-order valence-corrected chi connectivity index (χ3v) is 5.61. The second-order valence-electron chi connectivity index (χ2n) is 7.50. The first-order valence-electron chi connectivity index (χ1n) is 10.2. The van der Waals surface area contributed by atoms with E-state index >= 15 is 0 Å². The van der Waals surface area contributed by atoms with E-state index < -0.39 is 5.97 Å². The molecule has 0 bridgehead atoms. The molecule has 0 radical (unpaired) electrons. The van der Waals surface area contributed by atoms with E-state index in [0.29, 0.717) is 41.4 Å². The molecular formula is C24H24N2O6. The number of ether oxygens (including phenoxy) is 3. The van der Waals surface area contributed by atoms with E-state index in [1.807, 2.05) is 13.8 Å². The smallest absolute Gasteiger partial charge is 0.337 e. The molecule has 0 aliphatic carbocycles. The number of esters is 1. The van der Waals surface area contributed by atoms with E-state index in [0.717, 1.165) is 22.5 Å². The van der Waals surface area contributed by atoms with Gasteiger partial charge in [0, 0.05) is 17.8 Å². The summed E-state index contributed by atoms with van der Waals surface area (Å²) in [5, 5.41) is 3.93. The minimum Gasteiger partial charge on any atom is -0.493 e. The number of rotatable bonds is 6. The van der Waals surface area contributed by atoms with Crippen LogP contribution in [0.25, 0.3) is 0 Å². The fourth-order valence-corrected chi connectivity index (χ4v) is 3.79. The minimum atomic E-state index is -0.394. The van der Waals surface area contributed by atoms with Crippen LogP contribution in [0.1, 0.15) is 43.3 Å². The van der Waals surface area contributed by atoms with E-state index in [-0.39, 0.29) is 12.5 Å². The Hall–Kier alpha value is -3.81. The molecule has 1 aromatic heterocycles. The lowest BCUT2D eigenvalue weighted by Crippen LogP contribution is -2.28. The van der Waals surface area contributed by atoms with Crippen LogP contribution in [0.15, 0.2) is 40.9 Å². The maximum absolute atomic E-state index is 13.2. The highest BCUT2D eigenvalue weighted by Gasteiger charge is 2.27. The van der Waals surface area contributed by atoms with Crippen molar-refractivity contribution >= 4 is 17.6 Å². The van der Waals surface area contributed by atoms with Crippen LogP contribution in [0, 0.1) is 13.8 Å². The summed E-state index contributed by atoms with van der Waals surface area (Å²) in [5.74, 6) is 1.15. The van der Waals surface area contributed by atoms with Gasteiger partial charge in [-0.05, 0) is 62.2 Å². The highest BCUT2D eigenvalue weighted by atomic mass is 16.5. The van der Waals surface area contributed by atoms with E-state index in [1.54, 1.807) is 41.3 Å². The number of amides is 1. The summed E-state index contributed by atoms with van der Waals surface area (Å²) < 4.78 is 21.3. The summed E-state index contributed by atoms with van der Waals surface area (Å²) in [6, 6.07) is 10.3. The summed E-state index contributed by atoms with van der Waals surface area (Å²) in [6.45, 7) is 4.51. The van der Waals surface area contributed by atoms with Gasteiger partial charge in [-0.25, -0.2) is 4.79 Å². The van der Waals surface area contributed by atoms with E-state index in [2.05, 4.69) is 5.16 Å². The predicted molar refractivity (Wildman–Crippen MR) is 116 cm³/mol. The molecule has 8 heteroatoms. The molecule has 0 fully saturated rings. The largest absolute Gasteiger partial charge is 0.493 e. The Bertz CT molecular complexity index is 1160. The van der Waals surface area contributed by atoms with Crippen LogP contribution in [-0.2, 0) is 17.8 Å². The molecule has 0 atom stereocenters. The molecule has 0 N–H and O–H groups in total. The topological polar surface area (TPSA) is 91.1 Å². The van der Waals surface area contributed by atoms with Crippen LogP contribution in [0.2, 0.25) is 0 Å². The number of hydrogen-bond acceptors (Lipinski definition) is 7. The Labute approximate surface area is 185 Å². The number of aryl methyl sites for hydroxylation is 2. The molecule has 0 saturated carbocycles. The van der Waals surface area contributed by atoms with Crippen LogP contribution in [0.4, 0.5) is 5.69 Å². The number of benzene rings is 2. The zero-order valence-corrected chi connectivity index (χ0v) is 18.4. The van der Waals surface area contributed by atoms with Gasteiger partial charge in [0.05, 0.1) is 31.0 Å². The zero-order valence-electron chi connectivity index (χ0n) is 18.4. The SMILES string of the molecule is COC(=O)c1ccc2c(c1)CCN2C(=O)c1ccc(OCc2c(C)noc2C)c(OC)c1. The average Bonchev–Trinajstić information content (AvgIpc) is 3.38. The Kier molecular flexibility index (Phi) is 5.85. The molecule has 1 aliphatic heterocycles. The van der Waals surface area contributed by atoms with Gasteiger partial charge < -0.3 is 23.6 Å². The van der Waals surface area contributed by atoms with Gasteiger partial charge in [-0.2, -0.15) is 0 Å². The number of anilines is 1. The van der Waals surface area contributed by atoms with Gasteiger partial charge in [0.15, 0.2) is 11.5 Å². The molecule has 2 aromatic carbocycles. The number of methoxy groups -OCH3 is 2. The van der Waals surface area contributed by atoms with Gasteiger partial charge in [0.25, 0.3) is 5.91 Å². The molecule has 8 nitrogen and oxygen atoms in total. The molecule has 166 valence electrons. The lowest BCUT2D eigenvalue weighted by atomic mass is 10.1. The second-order valence-corrected chi connectivity index (χ2v) is 7.50. The van der Waals surface area contributed by atoms with Gasteiger partial charge in [-0.1, -0.05) is 5.16 Å². The highest BCUT2D eigenvalue weighted by Crippen LogP contribution is 2.33. The third kappa shape index (κ3) is 3.91. The molecule has 1 amide bonds. The number of nitrogens with zero attached hydrogens (tertiary/aromatic N) is 2. The Morgan fingerprint density at radius 2 is 1.84 bits per heavy atom. The number of fused-ring (bicyclic) bond motifs is 1. The molecule has 4 rings (SSSR count). The summed E-state index contributed by atoms with van der Waals surface area (Å²) in [6.07, 6.45) is 0.668. The highest BCUT2D eigenvalue weighted by molar-refractivity contribution is 6.08. The normalized spacial score (nSPS) is 12.4. The first-order chi connectivity index (χ1) is 15.4. The van der Waals surface area contributed by atoms with E-state index in [9.17, 15) is 9.59 Å². The van der Waals surface area contributed by atoms with E-state index in [4.69, 9.17) is 18.7 Å². The Morgan fingerprint density at radius 1 is 1.06 bits per heavy atom. The van der Waals surface area contributed by atoms with Crippen molar-refractivity contribution in [1.82, 2.24) is 5.16 Å². The van der Waals surface area contributed by atoms with Crippen LogP contribution >= 0.6 is 0 Å². The summed E-state index contributed by atoms with van der Waals surface area (Å²) in [4.78, 5) is 26.7. The first-order valence-corrected chi connectivity index (χ1v) is 10.2. The lowest BCUT2D eigenvalue weighted by molar-refractivity contribution is 0.0600. The van der Waals surface area contributed by atoms with Crippen LogP contribution in [0.3, 0.4) is 0 Å². The minimum absolute atomic E-state index is 0.148. The summed E-state index contributed by atoms with van der Waals surface area (Å²) >= 11 is 0. The van der Waals surface area contributed by atoms with Crippen molar-refractivity contribution in [1.29, 1.82) is 0 Å². The zero-order chi connectivity index (χ0) is 22.8. The Balaban J connectivity index is 1.53. The molecule has 0 spiro atoms. The fraction of sp³-hybridized carbons (Fsp3) is 0.292. The van der Waals surface area contributed by atoms with Crippen molar-refractivity contribution in [2.45, 2.75) is 26.9 Å². The lowest BCUT2D eigenvalue weighted by Gasteiger charge is -2.19. The van der Waals surface area contributed by atoms with Crippen molar-refractivity contribution < 1.29 is 28.3 Å². The monoisotopic (exact) mass is 436 g/mol. The maximum Gasteiger partial charge on any atom is 0.337 e. The molecule has 32 heavy (non-hydrogen) atoms. The predicted octanol–water partition coefficient (Wildman–Crippen LogP) is 3.87. The summed E-state index contributed by atoms with van der Waals surface area (Å²) in [7, 11) is 2.88. The van der Waals surface area contributed by atoms with Gasteiger partial charge in [0.2, 0.25) is 0 Å². The van der Waals surface area contributed by atoms with Crippen molar-refractivity contribution in [3.63, 3.8) is 0 Å². The van der Waals surface area contributed by atoms with Crippen molar-refractivity contribution in [3.05, 3.63) is 70.1 Å². The molecule has 0 unspecified atom stereocenters. The van der Waals surface area contributed by atoms with Crippen molar-refractivity contribution in [2.24, 2.45) is 0 Å². The maximum atomic E-state index is 13.2. The molecule has 0 saturated heterocycles. The number of aromatic nitrogens is 1. The second kappa shape index (κ2) is 8.74. The molecule has 2 heterocycles. The van der Waals surface area contributed by atoms with Crippen LogP contribution in [-0.4, -0.2) is 37.8 Å². The first kappa shape index (κ1) is 21.4. The quantitative estimate of drug-likeness (QED) is 0.542. The number of carbonyl (C=O) groups is 2. The Morgan fingerprint density at radius 3 is 2.53 bits per heavy atom. The van der Waals surface area contributed by atoms with Crippen molar-refractivity contribution in [2.75, 3.05) is 25.7 Å². The number of carbonyl (C=O) groups excluding carboxylic acids is 2. The van der Waals surface area contributed by atoms with Gasteiger partial charge in [-0.3, -0.25) is 4.79 Å². The average molecular weight is 436 g/mol. The molecule has 3 aromatic rings. The van der Waals surface area contributed by atoms with E-state index in [1.165, 1.54) is 14.2 Å². The summed E-state index contributed by atoms with van der Waals surface area (Å²) in [5.41, 5.74) is 4.34. The standard InChI is InChI=1S/C24H24N2O6/c1-14-19(15(2)32-25-14)13-31-21-8-6-17(12-22(21)29-3)23(27)26-10-9-16-11-18(24(28)30-4)5-7-20(16)26/h5-8,11-12H,9-10,13H2,1-4H3. The third-order valence-electron chi connectivity index (χ3n) is 5.61. The van der Waals surface area contributed by atoms with Crippen LogP contribution < -0.4 is 14.4 Å². The fourth-order valence-electron chi connectivity index (χ4n) is 3.79. The molecular weight excluding hydrogens is 412 g/mol.